The van der Waals surface area contributed by atoms with Gasteiger partial charge in [0, 0.05) is 42.5 Å². The number of nitrogens with two attached hydrogens (primary N) is 1. The van der Waals surface area contributed by atoms with Crippen molar-refractivity contribution in [3.8, 4) is 0 Å². The number of hydrogen-bond acceptors (Lipinski definition) is 3. The van der Waals surface area contributed by atoms with Gasteiger partial charge in [0.1, 0.15) is 0 Å². The third kappa shape index (κ3) is 3.35. The fourth-order valence-corrected chi connectivity index (χ4v) is 2.45. The van der Waals surface area contributed by atoms with E-state index >= 15 is 0 Å². The summed E-state index contributed by atoms with van der Waals surface area (Å²) in [5.41, 5.74) is 8.95. The minimum atomic E-state index is -0.567. The van der Waals surface area contributed by atoms with E-state index in [1.54, 1.807) is 12.5 Å². The molecule has 0 aliphatic heterocycles. The molecule has 1 amide bonds. The largest absolute Gasteiger partial charge is 0.358 e. The van der Waals surface area contributed by atoms with Crippen LogP contribution in [-0.2, 0) is 17.6 Å². The monoisotopic (exact) mass is 297 g/mol. The van der Waals surface area contributed by atoms with E-state index in [0.29, 0.717) is 13.0 Å². The molecule has 1 aromatic carbocycles. The molecule has 0 fully saturated rings. The number of amides is 1. The number of nitrogens with one attached hydrogen (secondary N) is 3. The summed E-state index contributed by atoms with van der Waals surface area (Å²) in [5.74, 6) is -0.147. The van der Waals surface area contributed by atoms with Crippen molar-refractivity contribution >= 4 is 16.8 Å². The van der Waals surface area contributed by atoms with E-state index in [1.807, 2.05) is 18.2 Å². The van der Waals surface area contributed by atoms with Crippen LogP contribution >= 0.6 is 0 Å². The van der Waals surface area contributed by atoms with Crippen LogP contribution in [0.3, 0.4) is 0 Å². The first-order valence-electron chi connectivity index (χ1n) is 7.29. The number of benzene rings is 1. The lowest BCUT2D eigenvalue weighted by molar-refractivity contribution is -0.122. The molecule has 6 nitrogen and oxygen atoms in total. The lowest BCUT2D eigenvalue weighted by atomic mass is 10.1. The summed E-state index contributed by atoms with van der Waals surface area (Å²) in [5, 5.41) is 4.05. The van der Waals surface area contributed by atoms with Crippen LogP contribution in [0.1, 0.15) is 11.4 Å². The fourth-order valence-electron chi connectivity index (χ4n) is 2.45. The lowest BCUT2D eigenvalue weighted by Crippen LogP contribution is -2.42. The maximum atomic E-state index is 12.0. The second-order valence-corrected chi connectivity index (χ2v) is 5.31. The van der Waals surface area contributed by atoms with Crippen LogP contribution in [0.15, 0.2) is 42.9 Å². The summed E-state index contributed by atoms with van der Waals surface area (Å²) in [6.45, 7) is 0.558. The van der Waals surface area contributed by atoms with Gasteiger partial charge in [-0.3, -0.25) is 4.79 Å². The van der Waals surface area contributed by atoms with Crippen LogP contribution in [-0.4, -0.2) is 33.4 Å². The lowest BCUT2D eigenvalue weighted by Gasteiger charge is -2.10. The van der Waals surface area contributed by atoms with Gasteiger partial charge in [-0.25, -0.2) is 4.98 Å². The van der Waals surface area contributed by atoms with Crippen LogP contribution in [0.5, 0.6) is 0 Å². The molecule has 6 heteroatoms. The zero-order valence-corrected chi connectivity index (χ0v) is 12.2. The minimum Gasteiger partial charge on any atom is -0.358 e. The van der Waals surface area contributed by atoms with Gasteiger partial charge >= 0.3 is 0 Å². The molecule has 0 aliphatic rings. The number of para-hydroxylation sites is 1. The third-order valence-electron chi connectivity index (χ3n) is 3.61. The van der Waals surface area contributed by atoms with Gasteiger partial charge in [0.25, 0.3) is 0 Å². The average Bonchev–Trinajstić information content (AvgIpc) is 3.15. The highest BCUT2D eigenvalue weighted by atomic mass is 16.2. The van der Waals surface area contributed by atoms with Crippen molar-refractivity contribution in [2.45, 2.75) is 18.9 Å². The quantitative estimate of drug-likeness (QED) is 0.548. The van der Waals surface area contributed by atoms with Gasteiger partial charge in [-0.05, 0) is 17.5 Å². The molecule has 3 aromatic rings. The molecular formula is C16H19N5O. The van der Waals surface area contributed by atoms with Crippen LogP contribution in [0.4, 0.5) is 0 Å². The summed E-state index contributed by atoms with van der Waals surface area (Å²) in [6, 6.07) is 9.65. The van der Waals surface area contributed by atoms with Crippen molar-refractivity contribution in [3.63, 3.8) is 0 Å². The molecule has 0 saturated carbocycles. The molecule has 1 atom stereocenters. The molecule has 3 rings (SSSR count). The Kier molecular flexibility index (Phi) is 4.20. The number of aromatic nitrogens is 3. The summed E-state index contributed by atoms with van der Waals surface area (Å²) < 4.78 is 0. The van der Waals surface area contributed by atoms with E-state index in [-0.39, 0.29) is 5.91 Å². The highest BCUT2D eigenvalue weighted by Gasteiger charge is 2.14. The second-order valence-electron chi connectivity index (χ2n) is 5.31. The standard InChI is InChI=1S/C16H19N5O/c17-14(8-13-9-18-10-20-13)16(22)19-6-5-12-7-11-3-1-2-4-15(11)21-12/h1-4,7,9-10,14,21H,5-6,8,17H2,(H,18,20)(H,19,22)/t14-/m0/s1. The SMILES string of the molecule is N[C@@H](Cc1cnc[nH]1)C(=O)NCCc1cc2ccccc2[nH]1. The van der Waals surface area contributed by atoms with Crippen LogP contribution < -0.4 is 11.1 Å². The fraction of sp³-hybridized carbons (Fsp3) is 0.250. The molecule has 2 heterocycles. The van der Waals surface area contributed by atoms with Gasteiger partial charge in [0.2, 0.25) is 5.91 Å². The number of carbonyl (C=O) groups is 1. The number of fused-ring (bicyclic) bond motifs is 1. The number of carbonyl (C=O) groups excluding carboxylic acids is 1. The minimum absolute atomic E-state index is 0.147. The molecule has 2 aromatic heterocycles. The molecule has 0 radical (unpaired) electrons. The van der Waals surface area contributed by atoms with Crippen LogP contribution in [0.2, 0.25) is 0 Å². The smallest absolute Gasteiger partial charge is 0.237 e. The highest BCUT2D eigenvalue weighted by molar-refractivity contribution is 5.82. The molecular weight excluding hydrogens is 278 g/mol. The number of aromatic amines is 2. The zero-order chi connectivity index (χ0) is 15.4. The van der Waals surface area contributed by atoms with E-state index in [9.17, 15) is 4.79 Å². The maximum Gasteiger partial charge on any atom is 0.237 e. The van der Waals surface area contributed by atoms with Crippen molar-refractivity contribution in [3.05, 3.63) is 54.2 Å². The van der Waals surface area contributed by atoms with Crippen molar-refractivity contribution in [1.29, 1.82) is 0 Å². The topological polar surface area (TPSA) is 99.6 Å². The summed E-state index contributed by atoms with van der Waals surface area (Å²) in [4.78, 5) is 22.1. The molecule has 114 valence electrons. The predicted molar refractivity (Wildman–Crippen MR) is 85.3 cm³/mol. The first-order chi connectivity index (χ1) is 10.7. The first kappa shape index (κ1) is 14.3. The Hall–Kier alpha value is -2.60. The molecule has 0 unspecified atom stereocenters. The molecule has 5 N–H and O–H groups in total. The number of rotatable bonds is 6. The molecule has 0 aliphatic carbocycles. The average molecular weight is 297 g/mol. The highest BCUT2D eigenvalue weighted by Crippen LogP contribution is 2.14. The number of imidazole rings is 1. The number of nitrogens with zero attached hydrogens (tertiary/aromatic N) is 1. The Morgan fingerprint density at radius 2 is 2.18 bits per heavy atom. The zero-order valence-electron chi connectivity index (χ0n) is 12.2. The Morgan fingerprint density at radius 3 is 2.95 bits per heavy atom. The Morgan fingerprint density at radius 1 is 1.32 bits per heavy atom. The van der Waals surface area contributed by atoms with E-state index in [4.69, 9.17) is 5.73 Å². The van der Waals surface area contributed by atoms with E-state index in [1.165, 1.54) is 5.39 Å². The molecule has 22 heavy (non-hydrogen) atoms. The Labute approximate surface area is 128 Å². The van der Waals surface area contributed by atoms with E-state index < -0.39 is 6.04 Å². The maximum absolute atomic E-state index is 12.0. The number of hydrogen-bond donors (Lipinski definition) is 4. The predicted octanol–water partition coefficient (Wildman–Crippen LogP) is 1.12. The number of H-pyrrole nitrogens is 2. The third-order valence-corrected chi connectivity index (χ3v) is 3.61. The molecule has 0 spiro atoms. The second kappa shape index (κ2) is 6.44. The summed E-state index contributed by atoms with van der Waals surface area (Å²) in [6.07, 6.45) is 4.46. The van der Waals surface area contributed by atoms with Gasteiger partial charge in [0.05, 0.1) is 12.4 Å². The van der Waals surface area contributed by atoms with Gasteiger partial charge in [0.15, 0.2) is 0 Å². The Balaban J connectivity index is 1.48. The first-order valence-corrected chi connectivity index (χ1v) is 7.29. The summed E-state index contributed by atoms with van der Waals surface area (Å²) >= 11 is 0. The van der Waals surface area contributed by atoms with Gasteiger partial charge < -0.3 is 21.0 Å². The molecule has 0 bridgehead atoms. The molecule has 0 saturated heterocycles. The van der Waals surface area contributed by atoms with Crippen molar-refractivity contribution in [1.82, 2.24) is 20.3 Å². The summed E-state index contributed by atoms with van der Waals surface area (Å²) in [7, 11) is 0. The van der Waals surface area contributed by atoms with Gasteiger partial charge in [-0.2, -0.15) is 0 Å². The van der Waals surface area contributed by atoms with Gasteiger partial charge in [-0.15, -0.1) is 0 Å². The van der Waals surface area contributed by atoms with E-state index in [0.717, 1.165) is 23.3 Å². The van der Waals surface area contributed by atoms with Crippen LogP contribution in [0.25, 0.3) is 10.9 Å². The van der Waals surface area contributed by atoms with E-state index in [2.05, 4.69) is 32.4 Å². The van der Waals surface area contributed by atoms with Gasteiger partial charge in [-0.1, -0.05) is 18.2 Å². The van der Waals surface area contributed by atoms with Crippen molar-refractivity contribution in [2.75, 3.05) is 6.54 Å². The van der Waals surface area contributed by atoms with Crippen molar-refractivity contribution in [2.24, 2.45) is 5.73 Å². The Bertz CT molecular complexity index is 714. The normalized spacial score (nSPS) is 12.4. The van der Waals surface area contributed by atoms with Crippen LogP contribution in [0, 0.1) is 0 Å². The van der Waals surface area contributed by atoms with Crippen molar-refractivity contribution < 1.29 is 4.79 Å².